The van der Waals surface area contributed by atoms with Crippen molar-refractivity contribution in [2.45, 2.75) is 32.3 Å². The minimum absolute atomic E-state index is 0.262. The molecule has 27 heavy (non-hydrogen) atoms. The summed E-state index contributed by atoms with van der Waals surface area (Å²) in [5, 5.41) is 3.29. The van der Waals surface area contributed by atoms with Gasteiger partial charge in [-0.2, -0.15) is 0 Å². The van der Waals surface area contributed by atoms with E-state index in [1.54, 1.807) is 12.1 Å². The Bertz CT molecular complexity index is 548. The van der Waals surface area contributed by atoms with Crippen LogP contribution in [0.5, 0.6) is 5.75 Å². The van der Waals surface area contributed by atoms with Crippen molar-refractivity contribution < 1.29 is 18.6 Å². The van der Waals surface area contributed by atoms with Crippen LogP contribution in [0.25, 0.3) is 0 Å². The predicted octanol–water partition coefficient (Wildman–Crippen LogP) is 2.69. The van der Waals surface area contributed by atoms with Crippen molar-refractivity contribution in [2.75, 3.05) is 53.1 Å². The van der Waals surface area contributed by atoms with E-state index in [0.29, 0.717) is 31.5 Å². The Morgan fingerprint density at radius 3 is 2.70 bits per heavy atom. The van der Waals surface area contributed by atoms with Crippen molar-refractivity contribution in [1.82, 2.24) is 10.2 Å². The summed E-state index contributed by atoms with van der Waals surface area (Å²) in [5.41, 5.74) is 0. The van der Waals surface area contributed by atoms with Gasteiger partial charge in [0.15, 0.2) is 5.96 Å². The molecule has 1 aromatic carbocycles. The number of nitrogens with one attached hydrogen (secondary N) is 1. The quantitative estimate of drug-likeness (QED) is 0.384. The summed E-state index contributed by atoms with van der Waals surface area (Å²) in [4.78, 5) is 6.69. The fourth-order valence-corrected chi connectivity index (χ4v) is 2.75. The van der Waals surface area contributed by atoms with E-state index in [2.05, 4.69) is 10.3 Å². The molecule has 6 nitrogen and oxygen atoms in total. The standard InChI is InChI=1S/C20H32FN3O3/c1-3-22-20(23-11-4-13-26-19-9-14-25-15-10-19)24(2)12-16-27-18-7-5-17(21)6-8-18/h5-8,19H,3-4,9-16H2,1-2H3,(H,22,23). The molecule has 0 unspecified atom stereocenters. The Balaban J connectivity index is 1.66. The number of hydrogen-bond donors (Lipinski definition) is 1. The molecule has 1 N–H and O–H groups in total. The van der Waals surface area contributed by atoms with Gasteiger partial charge < -0.3 is 24.4 Å². The second-order valence-electron chi connectivity index (χ2n) is 6.50. The third kappa shape index (κ3) is 8.58. The third-order valence-corrected chi connectivity index (χ3v) is 4.29. The van der Waals surface area contributed by atoms with Crippen LogP contribution in [-0.4, -0.2) is 70.1 Å². The fourth-order valence-electron chi connectivity index (χ4n) is 2.75. The van der Waals surface area contributed by atoms with Gasteiger partial charge in [0.1, 0.15) is 18.2 Å². The Kier molecular flexibility index (Phi) is 9.94. The maximum atomic E-state index is 12.9. The van der Waals surface area contributed by atoms with Crippen LogP contribution in [0.3, 0.4) is 0 Å². The number of aliphatic imine (C=N–C) groups is 1. The van der Waals surface area contributed by atoms with Crippen LogP contribution in [0, 0.1) is 5.82 Å². The van der Waals surface area contributed by atoms with Crippen molar-refractivity contribution in [3.63, 3.8) is 0 Å². The van der Waals surface area contributed by atoms with Crippen LogP contribution in [-0.2, 0) is 9.47 Å². The second kappa shape index (κ2) is 12.5. The molecule has 0 aliphatic carbocycles. The Morgan fingerprint density at radius 2 is 2.00 bits per heavy atom. The number of nitrogens with zero attached hydrogens (tertiary/aromatic N) is 2. The first-order chi connectivity index (χ1) is 13.2. The van der Waals surface area contributed by atoms with Gasteiger partial charge in [-0.25, -0.2) is 4.39 Å². The summed E-state index contributed by atoms with van der Waals surface area (Å²) in [6.45, 7) is 7.09. The largest absolute Gasteiger partial charge is 0.492 e. The van der Waals surface area contributed by atoms with Crippen LogP contribution >= 0.6 is 0 Å². The summed E-state index contributed by atoms with van der Waals surface area (Å²) >= 11 is 0. The topological polar surface area (TPSA) is 55.3 Å². The van der Waals surface area contributed by atoms with Crippen LogP contribution in [0.2, 0.25) is 0 Å². The number of benzene rings is 1. The lowest BCUT2D eigenvalue weighted by molar-refractivity contribution is -0.0318. The van der Waals surface area contributed by atoms with Gasteiger partial charge in [0, 0.05) is 40.0 Å². The zero-order chi connectivity index (χ0) is 19.3. The molecular formula is C20H32FN3O3. The monoisotopic (exact) mass is 381 g/mol. The molecule has 2 rings (SSSR count). The smallest absolute Gasteiger partial charge is 0.193 e. The molecule has 7 heteroatoms. The number of rotatable bonds is 10. The highest BCUT2D eigenvalue weighted by Gasteiger charge is 2.13. The Morgan fingerprint density at radius 1 is 1.26 bits per heavy atom. The van der Waals surface area contributed by atoms with Crippen molar-refractivity contribution >= 4 is 5.96 Å². The van der Waals surface area contributed by atoms with Crippen LogP contribution in [0.1, 0.15) is 26.2 Å². The highest BCUT2D eigenvalue weighted by atomic mass is 19.1. The minimum atomic E-state index is -0.262. The fraction of sp³-hybridized carbons (Fsp3) is 0.650. The lowest BCUT2D eigenvalue weighted by atomic mass is 10.1. The van der Waals surface area contributed by atoms with Crippen LogP contribution in [0.4, 0.5) is 4.39 Å². The maximum absolute atomic E-state index is 12.9. The molecule has 0 amide bonds. The molecular weight excluding hydrogens is 349 g/mol. The zero-order valence-corrected chi connectivity index (χ0v) is 16.5. The van der Waals surface area contributed by atoms with Gasteiger partial charge >= 0.3 is 0 Å². The molecule has 0 spiro atoms. The summed E-state index contributed by atoms with van der Waals surface area (Å²) in [6.07, 6.45) is 3.21. The van der Waals surface area contributed by atoms with E-state index in [0.717, 1.165) is 51.6 Å². The van der Waals surface area contributed by atoms with Crippen molar-refractivity contribution in [3.05, 3.63) is 30.1 Å². The Labute approximate surface area is 161 Å². The van der Waals surface area contributed by atoms with Crippen LogP contribution < -0.4 is 10.1 Å². The average molecular weight is 381 g/mol. The van der Waals surface area contributed by atoms with E-state index in [9.17, 15) is 4.39 Å². The number of halogens is 1. The maximum Gasteiger partial charge on any atom is 0.193 e. The first-order valence-corrected chi connectivity index (χ1v) is 9.76. The van der Waals surface area contributed by atoms with Gasteiger partial charge in [0.25, 0.3) is 0 Å². The van der Waals surface area contributed by atoms with E-state index in [4.69, 9.17) is 14.2 Å². The Hall–Kier alpha value is -1.86. The summed E-state index contributed by atoms with van der Waals surface area (Å²) in [5.74, 6) is 1.25. The molecule has 1 aliphatic heterocycles. The molecule has 0 aromatic heterocycles. The number of likely N-dealkylation sites (N-methyl/N-ethyl adjacent to an activating group) is 1. The van der Waals surface area contributed by atoms with Crippen LogP contribution in [0.15, 0.2) is 29.3 Å². The number of ether oxygens (including phenoxy) is 3. The zero-order valence-electron chi connectivity index (χ0n) is 16.5. The van der Waals surface area contributed by atoms with Crippen molar-refractivity contribution in [3.8, 4) is 5.75 Å². The second-order valence-corrected chi connectivity index (χ2v) is 6.50. The summed E-state index contributed by atoms with van der Waals surface area (Å²) < 4.78 is 29.8. The third-order valence-electron chi connectivity index (χ3n) is 4.29. The van der Waals surface area contributed by atoms with Gasteiger partial charge in [0.2, 0.25) is 0 Å². The van der Waals surface area contributed by atoms with Gasteiger partial charge in [-0.15, -0.1) is 0 Å². The first-order valence-electron chi connectivity index (χ1n) is 9.76. The molecule has 0 atom stereocenters. The van der Waals surface area contributed by atoms with E-state index in [1.807, 2.05) is 18.9 Å². The highest BCUT2D eigenvalue weighted by molar-refractivity contribution is 5.79. The lowest BCUT2D eigenvalue weighted by Gasteiger charge is -2.23. The van der Waals surface area contributed by atoms with Crippen molar-refractivity contribution in [2.24, 2.45) is 4.99 Å². The van der Waals surface area contributed by atoms with Gasteiger partial charge in [-0.1, -0.05) is 0 Å². The van der Waals surface area contributed by atoms with E-state index < -0.39 is 0 Å². The summed E-state index contributed by atoms with van der Waals surface area (Å²) in [7, 11) is 1.98. The SMILES string of the molecule is CCNC(=NCCCOC1CCOCC1)N(C)CCOc1ccc(F)cc1. The van der Waals surface area contributed by atoms with Gasteiger partial charge in [-0.05, 0) is 50.5 Å². The normalized spacial score (nSPS) is 15.6. The van der Waals surface area contributed by atoms with E-state index >= 15 is 0 Å². The molecule has 0 bridgehead atoms. The molecule has 1 aliphatic rings. The molecule has 1 heterocycles. The lowest BCUT2D eigenvalue weighted by Crippen LogP contribution is -2.41. The molecule has 0 radical (unpaired) electrons. The molecule has 1 saturated heterocycles. The van der Waals surface area contributed by atoms with Crippen molar-refractivity contribution in [1.29, 1.82) is 0 Å². The molecule has 152 valence electrons. The molecule has 1 fully saturated rings. The average Bonchev–Trinajstić information content (AvgIpc) is 2.69. The summed E-state index contributed by atoms with van der Waals surface area (Å²) in [6, 6.07) is 6.06. The molecule has 1 aromatic rings. The molecule has 0 saturated carbocycles. The van der Waals surface area contributed by atoms with Gasteiger partial charge in [0.05, 0.1) is 12.6 Å². The predicted molar refractivity (Wildman–Crippen MR) is 105 cm³/mol. The minimum Gasteiger partial charge on any atom is -0.492 e. The first kappa shape index (κ1) is 21.4. The van der Waals surface area contributed by atoms with E-state index in [-0.39, 0.29) is 5.82 Å². The van der Waals surface area contributed by atoms with E-state index in [1.165, 1.54) is 12.1 Å². The number of hydrogen-bond acceptors (Lipinski definition) is 4. The highest BCUT2D eigenvalue weighted by Crippen LogP contribution is 2.11. The number of guanidine groups is 1. The van der Waals surface area contributed by atoms with Gasteiger partial charge in [-0.3, -0.25) is 4.99 Å².